The highest BCUT2D eigenvalue weighted by Gasteiger charge is 2.58. The molecule has 1 atom stereocenters. The zero-order valence-corrected chi connectivity index (χ0v) is 13.4. The number of pyridine rings is 1. The first-order chi connectivity index (χ1) is 11.6. The van der Waals surface area contributed by atoms with E-state index in [1.54, 1.807) is 25.4 Å². The van der Waals surface area contributed by atoms with Gasteiger partial charge in [0.05, 0.1) is 11.7 Å². The molecule has 24 heavy (non-hydrogen) atoms. The van der Waals surface area contributed by atoms with Crippen LogP contribution in [0.3, 0.4) is 0 Å². The zero-order valence-electron chi connectivity index (χ0n) is 13.4. The summed E-state index contributed by atoms with van der Waals surface area (Å²) >= 11 is 0. The molecule has 122 valence electrons. The molecule has 2 bridgehead atoms. The predicted molar refractivity (Wildman–Crippen MR) is 88.6 cm³/mol. The molecule has 2 heterocycles. The van der Waals surface area contributed by atoms with Crippen molar-refractivity contribution in [2.75, 3.05) is 0 Å². The van der Waals surface area contributed by atoms with E-state index in [4.69, 9.17) is 0 Å². The van der Waals surface area contributed by atoms with Crippen molar-refractivity contribution in [3.05, 3.63) is 58.3 Å². The van der Waals surface area contributed by atoms with Gasteiger partial charge in [-0.25, -0.2) is 4.68 Å². The van der Waals surface area contributed by atoms with E-state index in [0.29, 0.717) is 16.6 Å². The van der Waals surface area contributed by atoms with Crippen molar-refractivity contribution in [1.29, 1.82) is 0 Å². The monoisotopic (exact) mass is 322 g/mol. The van der Waals surface area contributed by atoms with Gasteiger partial charge < -0.3 is 9.67 Å². The van der Waals surface area contributed by atoms with Crippen molar-refractivity contribution >= 4 is 10.8 Å². The van der Waals surface area contributed by atoms with Crippen LogP contribution in [-0.4, -0.2) is 24.7 Å². The van der Waals surface area contributed by atoms with Gasteiger partial charge in [0.1, 0.15) is 11.8 Å². The SMILES string of the molecule is Cn1ccc2c(C(O)c3cn(C45CC(C4)C5)nn3)cccc2c1=O. The highest BCUT2D eigenvalue weighted by molar-refractivity contribution is 5.85. The first kappa shape index (κ1) is 13.9. The van der Waals surface area contributed by atoms with Crippen LogP contribution in [0.1, 0.15) is 36.6 Å². The Morgan fingerprint density at radius 3 is 2.75 bits per heavy atom. The van der Waals surface area contributed by atoms with E-state index in [-0.39, 0.29) is 11.1 Å². The average Bonchev–Trinajstić information content (AvgIpc) is 2.96. The predicted octanol–water partition coefficient (Wildman–Crippen LogP) is 1.72. The summed E-state index contributed by atoms with van der Waals surface area (Å²) < 4.78 is 3.47. The second-order valence-corrected chi connectivity index (χ2v) is 7.23. The molecule has 0 saturated heterocycles. The molecule has 6 nitrogen and oxygen atoms in total. The maximum atomic E-state index is 12.3. The number of nitrogens with zero attached hydrogens (tertiary/aromatic N) is 4. The number of benzene rings is 1. The Balaban J connectivity index is 1.57. The third-order valence-electron chi connectivity index (χ3n) is 5.73. The molecule has 0 aliphatic heterocycles. The third-order valence-corrected chi connectivity index (χ3v) is 5.73. The molecule has 0 amide bonds. The molecule has 3 fully saturated rings. The second-order valence-electron chi connectivity index (χ2n) is 7.23. The van der Waals surface area contributed by atoms with E-state index in [2.05, 4.69) is 10.3 Å². The largest absolute Gasteiger partial charge is 0.382 e. The molecule has 3 aliphatic carbocycles. The summed E-state index contributed by atoms with van der Waals surface area (Å²) in [5.41, 5.74) is 1.31. The molecule has 3 aromatic rings. The van der Waals surface area contributed by atoms with Gasteiger partial charge in [-0.05, 0) is 48.3 Å². The lowest BCUT2D eigenvalue weighted by Gasteiger charge is -2.61. The molecular formula is C18H18N4O2. The number of aliphatic hydroxyl groups is 1. The second kappa shape index (κ2) is 4.54. The Morgan fingerprint density at radius 2 is 2.04 bits per heavy atom. The molecule has 1 N–H and O–H groups in total. The minimum atomic E-state index is -0.887. The lowest BCUT2D eigenvalue weighted by molar-refractivity contribution is -0.0989. The Hall–Kier alpha value is -2.47. The van der Waals surface area contributed by atoms with Crippen LogP contribution in [-0.2, 0) is 12.6 Å². The maximum absolute atomic E-state index is 12.3. The average molecular weight is 322 g/mol. The maximum Gasteiger partial charge on any atom is 0.258 e. The van der Waals surface area contributed by atoms with E-state index in [1.165, 1.54) is 23.8 Å². The van der Waals surface area contributed by atoms with Crippen molar-refractivity contribution in [2.45, 2.75) is 30.9 Å². The molecule has 6 heteroatoms. The standard InChI is InChI=1S/C18H18N4O2/c1-21-6-5-12-13(3-2-4-14(12)17(21)24)16(23)15-10-22(20-19-15)18-7-11(8-18)9-18/h2-6,10-11,16,23H,7-9H2,1H3. The Labute approximate surface area is 138 Å². The van der Waals surface area contributed by atoms with Crippen LogP contribution >= 0.6 is 0 Å². The minimum Gasteiger partial charge on any atom is -0.382 e. The number of hydrogen-bond acceptors (Lipinski definition) is 4. The molecular weight excluding hydrogens is 304 g/mol. The van der Waals surface area contributed by atoms with Crippen molar-refractivity contribution in [1.82, 2.24) is 19.6 Å². The molecule has 0 spiro atoms. The van der Waals surface area contributed by atoms with E-state index < -0.39 is 6.10 Å². The van der Waals surface area contributed by atoms with Crippen molar-refractivity contribution in [3.8, 4) is 0 Å². The molecule has 3 saturated carbocycles. The van der Waals surface area contributed by atoms with Gasteiger partial charge in [-0.3, -0.25) is 4.79 Å². The first-order valence-electron chi connectivity index (χ1n) is 8.26. The van der Waals surface area contributed by atoms with Crippen LogP contribution in [0.2, 0.25) is 0 Å². The van der Waals surface area contributed by atoms with Crippen LogP contribution in [0.4, 0.5) is 0 Å². The Morgan fingerprint density at radius 1 is 1.25 bits per heavy atom. The highest BCUT2D eigenvalue weighted by Crippen LogP contribution is 2.61. The Bertz CT molecular complexity index is 1000. The smallest absolute Gasteiger partial charge is 0.258 e. The summed E-state index contributed by atoms with van der Waals surface area (Å²) in [6.07, 6.45) is 6.23. The van der Waals surface area contributed by atoms with E-state index >= 15 is 0 Å². The van der Waals surface area contributed by atoms with Crippen LogP contribution in [0.25, 0.3) is 10.8 Å². The van der Waals surface area contributed by atoms with E-state index in [1.807, 2.05) is 23.0 Å². The zero-order chi connectivity index (χ0) is 16.5. The van der Waals surface area contributed by atoms with Gasteiger partial charge in [-0.1, -0.05) is 17.3 Å². The van der Waals surface area contributed by atoms with Gasteiger partial charge in [0.2, 0.25) is 0 Å². The van der Waals surface area contributed by atoms with Gasteiger partial charge >= 0.3 is 0 Å². The lowest BCUT2D eigenvalue weighted by Crippen LogP contribution is -2.59. The summed E-state index contributed by atoms with van der Waals surface area (Å²) in [4.78, 5) is 12.3. The van der Waals surface area contributed by atoms with Crippen LogP contribution in [0, 0.1) is 5.92 Å². The molecule has 0 radical (unpaired) electrons. The van der Waals surface area contributed by atoms with Gasteiger partial charge in [-0.2, -0.15) is 0 Å². The number of rotatable bonds is 3. The van der Waals surface area contributed by atoms with Gasteiger partial charge in [0, 0.05) is 18.6 Å². The number of hydrogen-bond donors (Lipinski definition) is 1. The highest BCUT2D eigenvalue weighted by atomic mass is 16.3. The number of fused-ring (bicyclic) bond motifs is 1. The summed E-state index contributed by atoms with van der Waals surface area (Å²) in [7, 11) is 1.72. The summed E-state index contributed by atoms with van der Waals surface area (Å²) in [5.74, 6) is 0.858. The number of aromatic nitrogens is 4. The van der Waals surface area contributed by atoms with E-state index in [9.17, 15) is 9.90 Å². The van der Waals surface area contributed by atoms with Crippen molar-refractivity contribution in [3.63, 3.8) is 0 Å². The van der Waals surface area contributed by atoms with Crippen molar-refractivity contribution < 1.29 is 5.11 Å². The summed E-state index contributed by atoms with van der Waals surface area (Å²) in [6, 6.07) is 7.29. The quantitative estimate of drug-likeness (QED) is 0.797. The number of aliphatic hydroxyl groups excluding tert-OH is 1. The fourth-order valence-electron chi connectivity index (χ4n) is 4.14. The van der Waals surface area contributed by atoms with Crippen LogP contribution < -0.4 is 5.56 Å². The number of aryl methyl sites for hydroxylation is 1. The van der Waals surface area contributed by atoms with E-state index in [0.717, 1.165) is 11.3 Å². The molecule has 1 aromatic carbocycles. The molecule has 2 aromatic heterocycles. The van der Waals surface area contributed by atoms with Gasteiger partial charge in [0.25, 0.3) is 5.56 Å². The lowest BCUT2D eigenvalue weighted by atomic mass is 9.50. The van der Waals surface area contributed by atoms with Crippen LogP contribution in [0.15, 0.2) is 41.5 Å². The van der Waals surface area contributed by atoms with Crippen LogP contribution in [0.5, 0.6) is 0 Å². The topological polar surface area (TPSA) is 72.9 Å². The normalized spacial score (nSPS) is 26.0. The van der Waals surface area contributed by atoms with Gasteiger partial charge in [-0.15, -0.1) is 5.10 Å². The fraction of sp³-hybridized carbons (Fsp3) is 0.389. The summed E-state index contributed by atoms with van der Waals surface area (Å²) in [6.45, 7) is 0. The Kier molecular flexibility index (Phi) is 2.63. The summed E-state index contributed by atoms with van der Waals surface area (Å²) in [5, 5.41) is 20.6. The minimum absolute atomic E-state index is 0.0703. The third kappa shape index (κ3) is 1.72. The first-order valence-corrected chi connectivity index (χ1v) is 8.26. The molecule has 3 aliphatic rings. The fourth-order valence-corrected chi connectivity index (χ4v) is 4.14. The van der Waals surface area contributed by atoms with Crippen molar-refractivity contribution in [2.24, 2.45) is 13.0 Å². The molecule has 1 unspecified atom stereocenters. The van der Waals surface area contributed by atoms with Gasteiger partial charge in [0.15, 0.2) is 0 Å². The molecule has 6 rings (SSSR count).